The predicted molar refractivity (Wildman–Crippen MR) is 88.8 cm³/mol. The van der Waals surface area contributed by atoms with Crippen LogP contribution in [0.5, 0.6) is 5.88 Å². The second kappa shape index (κ2) is 7.52. The number of anilines is 1. The normalized spacial score (nSPS) is 17.5. The van der Waals surface area contributed by atoms with Crippen molar-refractivity contribution in [3.63, 3.8) is 0 Å². The van der Waals surface area contributed by atoms with Crippen LogP contribution in [0.4, 0.5) is 5.95 Å². The molecule has 2 aromatic heterocycles. The Morgan fingerprint density at radius 1 is 1.25 bits per heavy atom. The van der Waals surface area contributed by atoms with E-state index in [1.807, 2.05) is 14.0 Å². The zero-order valence-electron chi connectivity index (χ0n) is 14.5. The number of aromatic nitrogens is 6. The Labute approximate surface area is 141 Å². The standard InChI is InChI=1S/C15H24N8O/c1-4-24-13-6-7-16-15(17-13)23-9-5-8-22(10-11-23)12(2)14-18-19-20-21(14)3/h6-7,12H,4-5,8-11H2,1-3H3/t12-/m1/s1. The molecule has 0 aromatic carbocycles. The molecule has 0 amide bonds. The lowest BCUT2D eigenvalue weighted by atomic mass is 10.2. The van der Waals surface area contributed by atoms with Gasteiger partial charge in [0.25, 0.3) is 0 Å². The van der Waals surface area contributed by atoms with Crippen molar-refractivity contribution in [2.75, 3.05) is 37.7 Å². The topological polar surface area (TPSA) is 85.1 Å². The molecule has 1 aliphatic rings. The van der Waals surface area contributed by atoms with Crippen molar-refractivity contribution in [3.05, 3.63) is 18.1 Å². The lowest BCUT2D eigenvalue weighted by Gasteiger charge is -2.26. The van der Waals surface area contributed by atoms with Crippen LogP contribution < -0.4 is 9.64 Å². The molecule has 0 aliphatic carbocycles. The molecule has 130 valence electrons. The predicted octanol–water partition coefficient (Wildman–Crippen LogP) is 0.672. The van der Waals surface area contributed by atoms with Gasteiger partial charge >= 0.3 is 0 Å². The molecular weight excluding hydrogens is 308 g/mol. The summed E-state index contributed by atoms with van der Waals surface area (Å²) in [5, 5.41) is 11.8. The lowest BCUT2D eigenvalue weighted by Crippen LogP contribution is -2.34. The molecule has 3 rings (SSSR count). The van der Waals surface area contributed by atoms with Crippen molar-refractivity contribution in [2.45, 2.75) is 26.3 Å². The SMILES string of the molecule is CCOc1ccnc(N2CCCN([C@H](C)c3nnnn3C)CC2)n1. The first kappa shape index (κ1) is 16.6. The molecular formula is C15H24N8O. The summed E-state index contributed by atoms with van der Waals surface area (Å²) < 4.78 is 7.22. The average Bonchev–Trinajstić information content (AvgIpc) is 2.87. The van der Waals surface area contributed by atoms with E-state index in [9.17, 15) is 0 Å². The highest BCUT2D eigenvalue weighted by Gasteiger charge is 2.24. The first-order valence-electron chi connectivity index (χ1n) is 8.36. The van der Waals surface area contributed by atoms with E-state index in [4.69, 9.17) is 4.74 Å². The molecule has 0 radical (unpaired) electrons. The largest absolute Gasteiger partial charge is 0.478 e. The maximum Gasteiger partial charge on any atom is 0.228 e. The van der Waals surface area contributed by atoms with Crippen LogP contribution >= 0.6 is 0 Å². The first-order valence-corrected chi connectivity index (χ1v) is 8.36. The molecule has 24 heavy (non-hydrogen) atoms. The third-order valence-electron chi connectivity index (χ3n) is 4.30. The van der Waals surface area contributed by atoms with Crippen LogP contribution in [0.2, 0.25) is 0 Å². The van der Waals surface area contributed by atoms with Gasteiger partial charge in [0, 0.05) is 45.5 Å². The van der Waals surface area contributed by atoms with Gasteiger partial charge in [0.15, 0.2) is 5.82 Å². The number of aryl methyl sites for hydroxylation is 1. The number of hydrogen-bond donors (Lipinski definition) is 0. The highest BCUT2D eigenvalue weighted by molar-refractivity contribution is 5.32. The second-order valence-electron chi connectivity index (χ2n) is 5.84. The number of hydrogen-bond acceptors (Lipinski definition) is 8. The maximum atomic E-state index is 5.48. The number of tetrazole rings is 1. The fraction of sp³-hybridized carbons (Fsp3) is 0.667. The molecule has 9 nitrogen and oxygen atoms in total. The number of nitrogens with zero attached hydrogens (tertiary/aromatic N) is 8. The van der Waals surface area contributed by atoms with E-state index < -0.39 is 0 Å². The van der Waals surface area contributed by atoms with Crippen LogP contribution in [0, 0.1) is 0 Å². The quantitative estimate of drug-likeness (QED) is 0.790. The molecule has 9 heteroatoms. The Morgan fingerprint density at radius 3 is 2.88 bits per heavy atom. The van der Waals surface area contributed by atoms with Gasteiger partial charge in [0.2, 0.25) is 11.8 Å². The monoisotopic (exact) mass is 332 g/mol. The van der Waals surface area contributed by atoms with E-state index in [1.54, 1.807) is 16.9 Å². The van der Waals surface area contributed by atoms with Gasteiger partial charge in [-0.2, -0.15) is 4.98 Å². The minimum Gasteiger partial charge on any atom is -0.478 e. The number of ether oxygens (including phenoxy) is 1. The van der Waals surface area contributed by atoms with Crippen molar-refractivity contribution in [1.29, 1.82) is 0 Å². The van der Waals surface area contributed by atoms with E-state index in [-0.39, 0.29) is 6.04 Å². The molecule has 1 aliphatic heterocycles. The fourth-order valence-electron chi connectivity index (χ4n) is 2.99. The summed E-state index contributed by atoms with van der Waals surface area (Å²) in [6.45, 7) is 8.41. The third-order valence-corrected chi connectivity index (χ3v) is 4.30. The fourth-order valence-corrected chi connectivity index (χ4v) is 2.99. The summed E-state index contributed by atoms with van der Waals surface area (Å²) in [6.07, 6.45) is 2.79. The van der Waals surface area contributed by atoms with Gasteiger partial charge in [-0.1, -0.05) is 0 Å². The zero-order chi connectivity index (χ0) is 16.9. The van der Waals surface area contributed by atoms with Crippen LogP contribution in [0.1, 0.15) is 32.1 Å². The Morgan fingerprint density at radius 2 is 2.12 bits per heavy atom. The Hall–Kier alpha value is -2.29. The lowest BCUT2D eigenvalue weighted by molar-refractivity contribution is 0.213. The first-order chi connectivity index (χ1) is 11.7. The molecule has 0 saturated carbocycles. The molecule has 0 N–H and O–H groups in total. The summed E-state index contributed by atoms with van der Waals surface area (Å²) in [4.78, 5) is 13.5. The third kappa shape index (κ3) is 3.61. The van der Waals surface area contributed by atoms with Crippen molar-refractivity contribution in [1.82, 2.24) is 35.1 Å². The molecule has 2 aromatic rings. The Kier molecular flexibility index (Phi) is 5.19. The summed E-state index contributed by atoms with van der Waals surface area (Å²) in [6, 6.07) is 1.97. The van der Waals surface area contributed by atoms with Crippen molar-refractivity contribution < 1.29 is 4.74 Å². The van der Waals surface area contributed by atoms with Gasteiger partial charge in [-0.05, 0) is 30.7 Å². The van der Waals surface area contributed by atoms with E-state index in [0.29, 0.717) is 12.5 Å². The minimum atomic E-state index is 0.181. The minimum absolute atomic E-state index is 0.181. The summed E-state index contributed by atoms with van der Waals surface area (Å²) in [5.41, 5.74) is 0. The molecule has 1 saturated heterocycles. The molecule has 0 bridgehead atoms. The van der Waals surface area contributed by atoms with E-state index in [2.05, 4.69) is 42.2 Å². The number of rotatable bonds is 5. The van der Waals surface area contributed by atoms with Crippen LogP contribution in [0.25, 0.3) is 0 Å². The zero-order valence-corrected chi connectivity index (χ0v) is 14.5. The molecule has 0 spiro atoms. The van der Waals surface area contributed by atoms with E-state index in [0.717, 1.165) is 44.4 Å². The maximum absolute atomic E-state index is 5.48. The van der Waals surface area contributed by atoms with Crippen molar-refractivity contribution in [2.24, 2.45) is 7.05 Å². The van der Waals surface area contributed by atoms with Gasteiger partial charge in [0.05, 0.1) is 12.6 Å². The van der Waals surface area contributed by atoms with Gasteiger partial charge in [-0.15, -0.1) is 5.10 Å². The van der Waals surface area contributed by atoms with Crippen molar-refractivity contribution in [3.8, 4) is 5.88 Å². The molecule has 3 heterocycles. The Balaban J connectivity index is 1.67. The second-order valence-corrected chi connectivity index (χ2v) is 5.84. The van der Waals surface area contributed by atoms with Gasteiger partial charge in [0.1, 0.15) is 0 Å². The van der Waals surface area contributed by atoms with Crippen molar-refractivity contribution >= 4 is 5.95 Å². The summed E-state index contributed by atoms with van der Waals surface area (Å²) in [5.74, 6) is 2.25. The van der Waals surface area contributed by atoms with Crippen LogP contribution in [-0.2, 0) is 7.05 Å². The molecule has 0 unspecified atom stereocenters. The summed E-state index contributed by atoms with van der Waals surface area (Å²) >= 11 is 0. The smallest absolute Gasteiger partial charge is 0.228 e. The Bertz CT molecular complexity index is 660. The van der Waals surface area contributed by atoms with E-state index >= 15 is 0 Å². The van der Waals surface area contributed by atoms with Crippen LogP contribution in [0.3, 0.4) is 0 Å². The highest BCUT2D eigenvalue weighted by atomic mass is 16.5. The van der Waals surface area contributed by atoms with E-state index in [1.165, 1.54) is 0 Å². The van der Waals surface area contributed by atoms with Crippen LogP contribution in [0.15, 0.2) is 12.3 Å². The summed E-state index contributed by atoms with van der Waals surface area (Å²) in [7, 11) is 1.88. The van der Waals surface area contributed by atoms with Gasteiger partial charge in [-0.3, -0.25) is 4.90 Å². The molecule has 1 fully saturated rings. The van der Waals surface area contributed by atoms with Gasteiger partial charge < -0.3 is 9.64 Å². The highest BCUT2D eigenvalue weighted by Crippen LogP contribution is 2.21. The van der Waals surface area contributed by atoms with Crippen LogP contribution in [-0.4, -0.2) is 67.9 Å². The average molecular weight is 332 g/mol. The molecule has 1 atom stereocenters. The van der Waals surface area contributed by atoms with Gasteiger partial charge in [-0.25, -0.2) is 9.67 Å².